The Morgan fingerprint density at radius 2 is 1.55 bits per heavy atom. The van der Waals surface area contributed by atoms with Gasteiger partial charge in [0, 0.05) is 10.6 Å². The van der Waals surface area contributed by atoms with E-state index in [1.54, 1.807) is 60.7 Å². The van der Waals surface area contributed by atoms with Crippen molar-refractivity contribution >= 4 is 41.1 Å². The van der Waals surface area contributed by atoms with Crippen molar-refractivity contribution in [2.75, 3.05) is 5.32 Å². The molecular weight excluding hydrogens is 416 g/mol. The summed E-state index contributed by atoms with van der Waals surface area (Å²) < 4.78 is 0. The summed E-state index contributed by atoms with van der Waals surface area (Å²) in [5.74, 6) is -2.31. The molecule has 0 unspecified atom stereocenters. The van der Waals surface area contributed by atoms with Crippen LogP contribution in [0.2, 0.25) is 5.02 Å². The maximum Gasteiger partial charge on any atom is 0.337 e. The summed E-state index contributed by atoms with van der Waals surface area (Å²) in [4.78, 5) is 37.1. The molecule has 3 rings (SSSR count). The maximum atomic E-state index is 13.0. The summed E-state index contributed by atoms with van der Waals surface area (Å²) in [6.07, 6.45) is 1.49. The number of halogens is 1. The Morgan fingerprint density at radius 1 is 0.903 bits per heavy atom. The van der Waals surface area contributed by atoms with Gasteiger partial charge in [-0.25, -0.2) is 4.79 Å². The molecule has 31 heavy (non-hydrogen) atoms. The van der Waals surface area contributed by atoms with Gasteiger partial charge in [-0.15, -0.1) is 0 Å². The first-order valence-corrected chi connectivity index (χ1v) is 9.70. The van der Waals surface area contributed by atoms with Crippen LogP contribution in [0.1, 0.15) is 31.8 Å². The monoisotopic (exact) mass is 434 g/mol. The highest BCUT2D eigenvalue weighted by Gasteiger charge is 2.18. The van der Waals surface area contributed by atoms with Crippen LogP contribution in [0.5, 0.6) is 0 Å². The average Bonchev–Trinajstić information content (AvgIpc) is 2.75. The number of aryl methyl sites for hydroxylation is 1. The second-order valence-electron chi connectivity index (χ2n) is 6.73. The molecule has 3 aromatic carbocycles. The summed E-state index contributed by atoms with van der Waals surface area (Å²) in [6, 6.07) is 19.6. The predicted molar refractivity (Wildman–Crippen MR) is 120 cm³/mol. The van der Waals surface area contributed by atoms with Crippen molar-refractivity contribution in [3.8, 4) is 0 Å². The lowest BCUT2D eigenvalue weighted by Gasteiger charge is -2.13. The molecule has 156 valence electrons. The number of para-hydroxylation sites is 1. The number of aromatic carboxylic acids is 1. The highest BCUT2D eigenvalue weighted by molar-refractivity contribution is 6.30. The molecule has 0 radical (unpaired) electrons. The first-order valence-electron chi connectivity index (χ1n) is 9.32. The Kier molecular flexibility index (Phi) is 6.85. The molecule has 0 spiro atoms. The molecule has 0 aliphatic heterocycles. The van der Waals surface area contributed by atoms with Crippen molar-refractivity contribution in [2.24, 2.45) is 0 Å². The smallest absolute Gasteiger partial charge is 0.337 e. The van der Waals surface area contributed by atoms with E-state index in [2.05, 4.69) is 10.6 Å². The number of nitrogens with one attached hydrogen (secondary N) is 2. The summed E-state index contributed by atoms with van der Waals surface area (Å²) in [6.45, 7) is 1.90. The molecule has 0 aliphatic rings. The van der Waals surface area contributed by atoms with Gasteiger partial charge in [-0.3, -0.25) is 9.59 Å². The molecule has 0 bridgehead atoms. The molecule has 2 amide bonds. The quantitative estimate of drug-likeness (QED) is 0.487. The molecule has 3 aromatic rings. The number of benzene rings is 3. The summed E-state index contributed by atoms with van der Waals surface area (Å²) >= 11 is 5.92. The Morgan fingerprint density at radius 3 is 2.19 bits per heavy atom. The molecular formula is C24H19ClN2O4. The SMILES string of the molecule is Cc1ccc(C(=O)NC(=Cc2ccc(Cl)cc2)C(=O)Nc2ccccc2C(=O)O)cc1. The van der Waals surface area contributed by atoms with Crippen molar-refractivity contribution in [3.05, 3.63) is 106 Å². The van der Waals surface area contributed by atoms with E-state index < -0.39 is 17.8 Å². The molecule has 0 aliphatic carbocycles. The molecule has 0 fully saturated rings. The minimum Gasteiger partial charge on any atom is -0.478 e. The number of anilines is 1. The standard InChI is InChI=1S/C24H19ClN2O4/c1-15-6-10-17(11-7-15)22(28)27-21(14-16-8-12-18(25)13-9-16)23(29)26-20-5-3-2-4-19(20)24(30)31/h2-14H,1H3,(H,26,29)(H,27,28)(H,30,31). The summed E-state index contributed by atoms with van der Waals surface area (Å²) in [7, 11) is 0. The lowest BCUT2D eigenvalue weighted by Crippen LogP contribution is -2.31. The third-order valence-corrected chi connectivity index (χ3v) is 4.65. The van der Waals surface area contributed by atoms with Crippen molar-refractivity contribution in [2.45, 2.75) is 6.92 Å². The van der Waals surface area contributed by atoms with Crippen LogP contribution in [-0.2, 0) is 4.79 Å². The number of amides is 2. The minimum absolute atomic E-state index is 0.0481. The summed E-state index contributed by atoms with van der Waals surface area (Å²) in [5.41, 5.74) is 2.01. The van der Waals surface area contributed by atoms with E-state index >= 15 is 0 Å². The molecule has 6 nitrogen and oxygen atoms in total. The number of hydrogen-bond acceptors (Lipinski definition) is 3. The Labute approximate surface area is 184 Å². The van der Waals surface area contributed by atoms with Gasteiger partial charge in [0.1, 0.15) is 5.70 Å². The first-order chi connectivity index (χ1) is 14.8. The van der Waals surface area contributed by atoms with Gasteiger partial charge in [-0.1, -0.05) is 53.6 Å². The molecule has 7 heteroatoms. The number of hydrogen-bond donors (Lipinski definition) is 3. The molecule has 0 atom stereocenters. The fourth-order valence-corrected chi connectivity index (χ4v) is 2.88. The molecule has 0 saturated carbocycles. The number of carbonyl (C=O) groups is 3. The van der Waals surface area contributed by atoms with Crippen molar-refractivity contribution in [1.82, 2.24) is 5.32 Å². The Hall–Kier alpha value is -3.90. The second kappa shape index (κ2) is 9.73. The molecule has 0 saturated heterocycles. The van der Waals surface area contributed by atoms with E-state index in [1.807, 2.05) is 6.92 Å². The van der Waals surface area contributed by atoms with Gasteiger partial charge in [-0.2, -0.15) is 0 Å². The number of rotatable bonds is 6. The Bertz CT molecular complexity index is 1150. The lowest BCUT2D eigenvalue weighted by molar-refractivity contribution is -0.113. The van der Waals surface area contributed by atoms with E-state index in [-0.39, 0.29) is 16.9 Å². The van der Waals surface area contributed by atoms with Gasteiger partial charge in [0.05, 0.1) is 11.3 Å². The van der Waals surface area contributed by atoms with Gasteiger partial charge in [0.2, 0.25) is 0 Å². The first kappa shape index (κ1) is 21.8. The van der Waals surface area contributed by atoms with Crippen molar-refractivity contribution < 1.29 is 19.5 Å². The number of carboxylic acid groups (broad SMARTS) is 1. The highest BCUT2D eigenvalue weighted by atomic mass is 35.5. The molecule has 0 heterocycles. The van der Waals surface area contributed by atoms with Gasteiger partial charge in [-0.05, 0) is 55.0 Å². The largest absolute Gasteiger partial charge is 0.478 e. The van der Waals surface area contributed by atoms with Crippen molar-refractivity contribution in [3.63, 3.8) is 0 Å². The normalized spacial score (nSPS) is 11.0. The van der Waals surface area contributed by atoms with Crippen LogP contribution in [0.15, 0.2) is 78.5 Å². The van der Waals surface area contributed by atoms with Gasteiger partial charge >= 0.3 is 5.97 Å². The van der Waals surface area contributed by atoms with Gasteiger partial charge in [0.25, 0.3) is 11.8 Å². The van der Waals surface area contributed by atoms with Crippen LogP contribution in [0.3, 0.4) is 0 Å². The van der Waals surface area contributed by atoms with Crippen LogP contribution >= 0.6 is 11.6 Å². The van der Waals surface area contributed by atoms with E-state index in [4.69, 9.17) is 11.6 Å². The fourth-order valence-electron chi connectivity index (χ4n) is 2.75. The van der Waals surface area contributed by atoms with Gasteiger partial charge < -0.3 is 15.7 Å². The number of carboxylic acids is 1. The zero-order valence-electron chi connectivity index (χ0n) is 16.6. The van der Waals surface area contributed by atoms with Crippen molar-refractivity contribution in [1.29, 1.82) is 0 Å². The minimum atomic E-state index is -1.18. The zero-order chi connectivity index (χ0) is 22.4. The molecule has 0 aromatic heterocycles. The van der Waals surface area contributed by atoms with Gasteiger partial charge in [0.15, 0.2) is 0 Å². The topological polar surface area (TPSA) is 95.5 Å². The zero-order valence-corrected chi connectivity index (χ0v) is 17.3. The number of carbonyl (C=O) groups excluding carboxylic acids is 2. The van der Waals surface area contributed by atoms with E-state index in [0.717, 1.165) is 5.56 Å². The highest BCUT2D eigenvalue weighted by Crippen LogP contribution is 2.17. The third kappa shape index (κ3) is 5.81. The maximum absolute atomic E-state index is 13.0. The van der Waals surface area contributed by atoms with E-state index in [9.17, 15) is 19.5 Å². The molecule has 3 N–H and O–H groups in total. The van der Waals surface area contributed by atoms with Crippen LogP contribution < -0.4 is 10.6 Å². The predicted octanol–water partition coefficient (Wildman–Crippen LogP) is 4.76. The fraction of sp³-hybridized carbons (Fsp3) is 0.0417. The van der Waals surface area contributed by atoms with Crippen LogP contribution in [0, 0.1) is 6.92 Å². The Balaban J connectivity index is 1.92. The third-order valence-electron chi connectivity index (χ3n) is 4.39. The van der Waals surface area contributed by atoms with Crippen LogP contribution in [-0.4, -0.2) is 22.9 Å². The van der Waals surface area contributed by atoms with E-state index in [1.165, 1.54) is 18.2 Å². The lowest BCUT2D eigenvalue weighted by atomic mass is 10.1. The van der Waals surface area contributed by atoms with Crippen LogP contribution in [0.25, 0.3) is 6.08 Å². The van der Waals surface area contributed by atoms with E-state index in [0.29, 0.717) is 16.1 Å². The summed E-state index contributed by atoms with van der Waals surface area (Å²) in [5, 5.41) is 15.1. The second-order valence-corrected chi connectivity index (χ2v) is 7.17. The average molecular weight is 435 g/mol. The van der Waals surface area contributed by atoms with Crippen LogP contribution in [0.4, 0.5) is 5.69 Å².